The molecule has 0 aliphatic heterocycles. The number of rotatable bonds is 6. The summed E-state index contributed by atoms with van der Waals surface area (Å²) >= 11 is 0. The van der Waals surface area contributed by atoms with Crippen LogP contribution in [0.5, 0.6) is 0 Å². The summed E-state index contributed by atoms with van der Waals surface area (Å²) in [6, 6.07) is 1.35. The Labute approximate surface area is 118 Å². The highest BCUT2D eigenvalue weighted by molar-refractivity contribution is 5.80. The van der Waals surface area contributed by atoms with E-state index in [-0.39, 0.29) is 18.6 Å². The number of carboxylic acids is 1. The van der Waals surface area contributed by atoms with Gasteiger partial charge in [-0.05, 0) is 37.5 Å². The van der Waals surface area contributed by atoms with Crippen molar-refractivity contribution in [1.82, 2.24) is 15.2 Å². The molecule has 1 aromatic rings. The monoisotopic (exact) mass is 279 g/mol. The number of pyridine rings is 1. The maximum absolute atomic E-state index is 12.1. The molecule has 1 atom stereocenters. The number of hydrogen-bond donors (Lipinski definition) is 2. The van der Waals surface area contributed by atoms with Crippen LogP contribution in [-0.4, -0.2) is 39.6 Å². The number of aromatic nitrogens is 1. The van der Waals surface area contributed by atoms with E-state index in [1.165, 1.54) is 4.90 Å². The van der Waals surface area contributed by atoms with Gasteiger partial charge in [-0.25, -0.2) is 4.79 Å². The number of nitrogens with zero attached hydrogens (tertiary/aromatic N) is 2. The molecule has 0 saturated heterocycles. The van der Waals surface area contributed by atoms with E-state index in [2.05, 4.69) is 10.3 Å². The van der Waals surface area contributed by atoms with E-state index in [0.29, 0.717) is 13.0 Å². The predicted octanol–water partition coefficient (Wildman–Crippen LogP) is 1.78. The standard InChI is InChI=1S/C14H21N3O3/c1-4-11(3)17(9-13(18)19)14(20)16-8-12-5-6-15-7-10(12)2/h5-7,11H,4,8-9H2,1-3H3,(H,16,20)(H,18,19). The molecule has 6 heteroatoms. The minimum Gasteiger partial charge on any atom is -0.480 e. The number of carboxylic acid groups (broad SMARTS) is 1. The molecule has 1 aromatic heterocycles. The third-order valence-corrected chi connectivity index (χ3v) is 3.26. The summed E-state index contributed by atoms with van der Waals surface area (Å²) in [5.41, 5.74) is 1.95. The summed E-state index contributed by atoms with van der Waals surface area (Å²) in [6.07, 6.45) is 4.10. The topological polar surface area (TPSA) is 82.5 Å². The summed E-state index contributed by atoms with van der Waals surface area (Å²) in [6.45, 7) is 5.73. The van der Waals surface area contributed by atoms with Crippen molar-refractivity contribution in [2.45, 2.75) is 39.8 Å². The highest BCUT2D eigenvalue weighted by atomic mass is 16.4. The molecule has 0 aromatic carbocycles. The second kappa shape index (κ2) is 7.47. The third-order valence-electron chi connectivity index (χ3n) is 3.26. The molecule has 0 bridgehead atoms. The van der Waals surface area contributed by atoms with Gasteiger partial charge < -0.3 is 15.3 Å². The van der Waals surface area contributed by atoms with Gasteiger partial charge in [-0.2, -0.15) is 0 Å². The number of amides is 2. The van der Waals surface area contributed by atoms with Crippen LogP contribution in [0.2, 0.25) is 0 Å². The van der Waals surface area contributed by atoms with Gasteiger partial charge in [-0.3, -0.25) is 9.78 Å². The molecule has 110 valence electrons. The van der Waals surface area contributed by atoms with Crippen molar-refractivity contribution >= 4 is 12.0 Å². The maximum atomic E-state index is 12.1. The number of urea groups is 1. The predicted molar refractivity (Wildman–Crippen MR) is 75.3 cm³/mol. The van der Waals surface area contributed by atoms with Gasteiger partial charge in [0, 0.05) is 25.0 Å². The highest BCUT2D eigenvalue weighted by Gasteiger charge is 2.21. The Morgan fingerprint density at radius 3 is 2.75 bits per heavy atom. The molecular formula is C14H21N3O3. The summed E-state index contributed by atoms with van der Waals surface area (Å²) in [5, 5.41) is 11.6. The minimum atomic E-state index is -1.01. The first kappa shape index (κ1) is 15.9. The average Bonchev–Trinajstić information content (AvgIpc) is 2.42. The van der Waals surface area contributed by atoms with Crippen LogP contribution in [0.1, 0.15) is 31.4 Å². The van der Waals surface area contributed by atoms with Gasteiger partial charge in [-0.1, -0.05) is 6.92 Å². The van der Waals surface area contributed by atoms with E-state index in [4.69, 9.17) is 5.11 Å². The quantitative estimate of drug-likeness (QED) is 0.831. The second-order valence-electron chi connectivity index (χ2n) is 4.74. The normalized spacial score (nSPS) is 11.8. The van der Waals surface area contributed by atoms with Crippen LogP contribution < -0.4 is 5.32 Å². The van der Waals surface area contributed by atoms with Crippen molar-refractivity contribution in [2.24, 2.45) is 0 Å². The van der Waals surface area contributed by atoms with Gasteiger partial charge >= 0.3 is 12.0 Å². The molecule has 1 heterocycles. The average molecular weight is 279 g/mol. The fourth-order valence-electron chi connectivity index (χ4n) is 1.77. The van der Waals surface area contributed by atoms with E-state index >= 15 is 0 Å². The molecule has 2 N–H and O–H groups in total. The molecule has 0 fully saturated rings. The fourth-order valence-corrected chi connectivity index (χ4v) is 1.77. The van der Waals surface area contributed by atoms with Gasteiger partial charge in [0.05, 0.1) is 0 Å². The Morgan fingerprint density at radius 1 is 1.50 bits per heavy atom. The summed E-state index contributed by atoms with van der Waals surface area (Å²) in [7, 11) is 0. The van der Waals surface area contributed by atoms with E-state index in [9.17, 15) is 9.59 Å². The molecule has 0 aliphatic carbocycles. The van der Waals surface area contributed by atoms with Crippen molar-refractivity contribution in [3.8, 4) is 0 Å². The Kier molecular flexibility index (Phi) is 5.96. The first-order valence-electron chi connectivity index (χ1n) is 6.61. The lowest BCUT2D eigenvalue weighted by molar-refractivity contribution is -0.138. The van der Waals surface area contributed by atoms with E-state index in [1.54, 1.807) is 12.4 Å². The molecule has 0 saturated carbocycles. The zero-order chi connectivity index (χ0) is 15.1. The second-order valence-corrected chi connectivity index (χ2v) is 4.74. The van der Waals surface area contributed by atoms with E-state index < -0.39 is 5.97 Å². The fraction of sp³-hybridized carbons (Fsp3) is 0.500. The number of aryl methyl sites for hydroxylation is 1. The van der Waals surface area contributed by atoms with Crippen LogP contribution in [0.4, 0.5) is 4.79 Å². The highest BCUT2D eigenvalue weighted by Crippen LogP contribution is 2.07. The summed E-state index contributed by atoms with van der Waals surface area (Å²) in [4.78, 5) is 28.3. The Balaban J connectivity index is 2.67. The van der Waals surface area contributed by atoms with Gasteiger partial charge in [0.15, 0.2) is 0 Å². The molecular weight excluding hydrogens is 258 g/mol. The molecule has 6 nitrogen and oxygen atoms in total. The molecule has 1 unspecified atom stereocenters. The lowest BCUT2D eigenvalue weighted by Crippen LogP contribution is -2.47. The van der Waals surface area contributed by atoms with E-state index in [0.717, 1.165) is 11.1 Å². The molecule has 20 heavy (non-hydrogen) atoms. The van der Waals surface area contributed by atoms with Crippen molar-refractivity contribution in [3.63, 3.8) is 0 Å². The van der Waals surface area contributed by atoms with Crippen molar-refractivity contribution in [3.05, 3.63) is 29.6 Å². The Bertz CT molecular complexity index is 476. The maximum Gasteiger partial charge on any atom is 0.323 e. The number of hydrogen-bond acceptors (Lipinski definition) is 3. The van der Waals surface area contributed by atoms with Crippen LogP contribution in [0.25, 0.3) is 0 Å². The molecule has 0 radical (unpaired) electrons. The van der Waals surface area contributed by atoms with Crippen LogP contribution >= 0.6 is 0 Å². The summed E-state index contributed by atoms with van der Waals surface area (Å²) in [5.74, 6) is -1.01. The minimum absolute atomic E-state index is 0.121. The Morgan fingerprint density at radius 2 is 2.20 bits per heavy atom. The van der Waals surface area contributed by atoms with Crippen molar-refractivity contribution < 1.29 is 14.7 Å². The smallest absolute Gasteiger partial charge is 0.323 e. The van der Waals surface area contributed by atoms with E-state index in [1.807, 2.05) is 26.8 Å². The molecule has 0 aliphatic rings. The van der Waals surface area contributed by atoms with Crippen molar-refractivity contribution in [1.29, 1.82) is 0 Å². The van der Waals surface area contributed by atoms with Crippen LogP contribution in [0.3, 0.4) is 0 Å². The largest absolute Gasteiger partial charge is 0.480 e. The lowest BCUT2D eigenvalue weighted by Gasteiger charge is -2.27. The zero-order valence-electron chi connectivity index (χ0n) is 12.1. The van der Waals surface area contributed by atoms with Crippen LogP contribution in [-0.2, 0) is 11.3 Å². The molecule has 2 amide bonds. The van der Waals surface area contributed by atoms with Crippen molar-refractivity contribution in [2.75, 3.05) is 6.54 Å². The number of aliphatic carboxylic acids is 1. The van der Waals surface area contributed by atoms with Gasteiger partial charge in [0.25, 0.3) is 0 Å². The summed E-state index contributed by atoms with van der Waals surface area (Å²) < 4.78 is 0. The van der Waals surface area contributed by atoms with Gasteiger partial charge in [0.2, 0.25) is 0 Å². The first-order valence-corrected chi connectivity index (χ1v) is 6.61. The molecule has 0 spiro atoms. The third kappa shape index (κ3) is 4.53. The first-order chi connectivity index (χ1) is 9.45. The number of carbonyl (C=O) groups is 2. The molecule has 1 rings (SSSR count). The Hall–Kier alpha value is -2.11. The number of nitrogens with one attached hydrogen (secondary N) is 1. The number of carbonyl (C=O) groups excluding carboxylic acids is 1. The lowest BCUT2D eigenvalue weighted by atomic mass is 10.1. The van der Waals surface area contributed by atoms with Crippen LogP contribution in [0, 0.1) is 6.92 Å². The van der Waals surface area contributed by atoms with Gasteiger partial charge in [-0.15, -0.1) is 0 Å². The van der Waals surface area contributed by atoms with Crippen LogP contribution in [0.15, 0.2) is 18.5 Å². The zero-order valence-corrected chi connectivity index (χ0v) is 12.1. The van der Waals surface area contributed by atoms with Gasteiger partial charge in [0.1, 0.15) is 6.54 Å². The SMILES string of the molecule is CCC(C)N(CC(=O)O)C(=O)NCc1ccncc1C.